The molecule has 1 atom stereocenters. The molecule has 1 N–H and O–H groups in total. The summed E-state index contributed by atoms with van der Waals surface area (Å²) in [6.07, 6.45) is 0. The fourth-order valence-electron chi connectivity index (χ4n) is 2.40. The van der Waals surface area contributed by atoms with E-state index in [0.717, 1.165) is 6.54 Å². The largest absolute Gasteiger partial charge is 0.306 e. The average Bonchev–Trinajstić information content (AvgIpc) is 2.70. The Kier molecular flexibility index (Phi) is 4.43. The van der Waals surface area contributed by atoms with Gasteiger partial charge in [-0.2, -0.15) is 0 Å². The Morgan fingerprint density at radius 1 is 1.11 bits per heavy atom. The summed E-state index contributed by atoms with van der Waals surface area (Å²) < 4.78 is 0. The van der Waals surface area contributed by atoms with Gasteiger partial charge in [0.1, 0.15) is 0 Å². The molecule has 1 nitrogen and oxygen atoms in total. The van der Waals surface area contributed by atoms with Crippen LogP contribution in [0.5, 0.6) is 0 Å². The predicted molar refractivity (Wildman–Crippen MR) is 85.2 cm³/mol. The average molecular weight is 273 g/mol. The Labute approximate surface area is 120 Å². The second-order valence-corrected chi connectivity index (χ2v) is 6.46. The van der Waals surface area contributed by atoms with Gasteiger partial charge in [-0.1, -0.05) is 25.1 Å². The Hall–Kier alpha value is -1.12. The SMILES string of the molecule is CCNC(c1cc(C)c(C)s1)c1cccc(C)c1C. The van der Waals surface area contributed by atoms with E-state index in [1.807, 2.05) is 11.3 Å². The Morgan fingerprint density at radius 2 is 1.84 bits per heavy atom. The first-order valence-corrected chi connectivity index (χ1v) is 7.72. The van der Waals surface area contributed by atoms with Crippen LogP contribution in [0, 0.1) is 27.7 Å². The van der Waals surface area contributed by atoms with Crippen molar-refractivity contribution in [2.24, 2.45) is 0 Å². The van der Waals surface area contributed by atoms with Crippen molar-refractivity contribution < 1.29 is 0 Å². The van der Waals surface area contributed by atoms with Gasteiger partial charge in [-0.15, -0.1) is 11.3 Å². The zero-order valence-corrected chi connectivity index (χ0v) is 13.3. The van der Waals surface area contributed by atoms with Crippen LogP contribution in [-0.2, 0) is 0 Å². The van der Waals surface area contributed by atoms with Crippen LogP contribution in [0.15, 0.2) is 24.3 Å². The van der Waals surface area contributed by atoms with Crippen LogP contribution in [0.1, 0.15) is 45.0 Å². The summed E-state index contributed by atoms with van der Waals surface area (Å²) in [7, 11) is 0. The van der Waals surface area contributed by atoms with Crippen molar-refractivity contribution in [1.82, 2.24) is 5.32 Å². The fourth-order valence-corrected chi connectivity index (χ4v) is 3.54. The van der Waals surface area contributed by atoms with E-state index in [1.54, 1.807) is 0 Å². The highest BCUT2D eigenvalue weighted by atomic mass is 32.1. The van der Waals surface area contributed by atoms with E-state index in [9.17, 15) is 0 Å². The Morgan fingerprint density at radius 3 is 2.42 bits per heavy atom. The lowest BCUT2D eigenvalue weighted by molar-refractivity contribution is 0.636. The molecule has 1 unspecified atom stereocenters. The zero-order valence-electron chi connectivity index (χ0n) is 12.5. The standard InChI is InChI=1S/C17H23NS/c1-6-18-17(16-10-12(3)14(5)19-16)15-9-7-8-11(2)13(15)4/h7-10,17-18H,6H2,1-5H3. The molecule has 0 aliphatic heterocycles. The number of hydrogen-bond acceptors (Lipinski definition) is 2. The van der Waals surface area contributed by atoms with Crippen LogP contribution in [0.3, 0.4) is 0 Å². The van der Waals surface area contributed by atoms with E-state index < -0.39 is 0 Å². The lowest BCUT2D eigenvalue weighted by Crippen LogP contribution is -2.22. The van der Waals surface area contributed by atoms with E-state index in [-0.39, 0.29) is 0 Å². The molecule has 2 rings (SSSR count). The van der Waals surface area contributed by atoms with Gasteiger partial charge in [0.05, 0.1) is 6.04 Å². The molecule has 2 aromatic rings. The van der Waals surface area contributed by atoms with Crippen molar-refractivity contribution in [2.45, 2.75) is 40.7 Å². The van der Waals surface area contributed by atoms with Crippen molar-refractivity contribution in [3.05, 3.63) is 56.3 Å². The summed E-state index contributed by atoms with van der Waals surface area (Å²) in [6.45, 7) is 12.0. The molecule has 1 heterocycles. The molecule has 0 radical (unpaired) electrons. The lowest BCUT2D eigenvalue weighted by Gasteiger charge is -2.20. The van der Waals surface area contributed by atoms with Crippen molar-refractivity contribution >= 4 is 11.3 Å². The number of aryl methyl sites for hydroxylation is 3. The van der Waals surface area contributed by atoms with Crippen LogP contribution >= 0.6 is 11.3 Å². The van der Waals surface area contributed by atoms with Gasteiger partial charge in [-0.25, -0.2) is 0 Å². The highest BCUT2D eigenvalue weighted by Gasteiger charge is 2.18. The molecule has 0 bridgehead atoms. The summed E-state index contributed by atoms with van der Waals surface area (Å²) in [5, 5.41) is 3.63. The van der Waals surface area contributed by atoms with Crippen molar-refractivity contribution in [1.29, 1.82) is 0 Å². The summed E-state index contributed by atoms with van der Waals surface area (Å²) >= 11 is 1.91. The van der Waals surface area contributed by atoms with E-state index >= 15 is 0 Å². The number of thiophene rings is 1. The maximum atomic E-state index is 3.63. The molecule has 0 spiro atoms. The minimum absolute atomic E-state index is 0.322. The van der Waals surface area contributed by atoms with Gasteiger partial charge < -0.3 is 5.32 Å². The van der Waals surface area contributed by atoms with Crippen LogP contribution in [0.4, 0.5) is 0 Å². The lowest BCUT2D eigenvalue weighted by atomic mass is 9.96. The van der Waals surface area contributed by atoms with Crippen LogP contribution in [0.25, 0.3) is 0 Å². The van der Waals surface area contributed by atoms with E-state index in [4.69, 9.17) is 0 Å². The molecule has 0 saturated heterocycles. The number of nitrogens with one attached hydrogen (secondary N) is 1. The topological polar surface area (TPSA) is 12.0 Å². The molecule has 19 heavy (non-hydrogen) atoms. The molecule has 1 aromatic carbocycles. The van der Waals surface area contributed by atoms with Gasteiger partial charge in [0.15, 0.2) is 0 Å². The second-order valence-electron chi connectivity index (χ2n) is 5.17. The van der Waals surface area contributed by atoms with E-state index in [2.05, 4.69) is 64.2 Å². The summed E-state index contributed by atoms with van der Waals surface area (Å²) in [5.74, 6) is 0. The third-order valence-electron chi connectivity index (χ3n) is 3.84. The predicted octanol–water partition coefficient (Wildman–Crippen LogP) is 4.68. The first kappa shape index (κ1) is 14.3. The van der Waals surface area contributed by atoms with Gasteiger partial charge in [-0.05, 0) is 62.6 Å². The number of rotatable bonds is 4. The quantitative estimate of drug-likeness (QED) is 0.853. The Balaban J connectivity index is 2.48. The maximum absolute atomic E-state index is 3.63. The summed E-state index contributed by atoms with van der Waals surface area (Å²) in [4.78, 5) is 2.84. The van der Waals surface area contributed by atoms with Gasteiger partial charge >= 0.3 is 0 Å². The second kappa shape index (κ2) is 5.89. The van der Waals surface area contributed by atoms with Crippen molar-refractivity contribution in [2.75, 3.05) is 6.54 Å². The van der Waals surface area contributed by atoms with Gasteiger partial charge in [-0.3, -0.25) is 0 Å². The molecule has 0 amide bonds. The molecule has 0 fully saturated rings. The number of benzene rings is 1. The van der Waals surface area contributed by atoms with Crippen LogP contribution in [-0.4, -0.2) is 6.54 Å². The maximum Gasteiger partial charge on any atom is 0.0673 e. The first-order valence-electron chi connectivity index (χ1n) is 6.91. The van der Waals surface area contributed by atoms with Crippen LogP contribution < -0.4 is 5.32 Å². The molecule has 0 aliphatic carbocycles. The highest BCUT2D eigenvalue weighted by Crippen LogP contribution is 2.32. The molecule has 1 aromatic heterocycles. The molecule has 0 aliphatic rings. The van der Waals surface area contributed by atoms with E-state index in [1.165, 1.54) is 32.0 Å². The highest BCUT2D eigenvalue weighted by molar-refractivity contribution is 7.12. The smallest absolute Gasteiger partial charge is 0.0673 e. The third kappa shape index (κ3) is 2.90. The summed E-state index contributed by atoms with van der Waals surface area (Å²) in [6, 6.07) is 9.25. The minimum Gasteiger partial charge on any atom is -0.306 e. The van der Waals surface area contributed by atoms with Crippen molar-refractivity contribution in [3.8, 4) is 0 Å². The van der Waals surface area contributed by atoms with Gasteiger partial charge in [0.25, 0.3) is 0 Å². The van der Waals surface area contributed by atoms with Gasteiger partial charge in [0.2, 0.25) is 0 Å². The molecule has 2 heteroatoms. The minimum atomic E-state index is 0.322. The normalized spacial score (nSPS) is 12.7. The Bertz CT molecular complexity index is 549. The monoisotopic (exact) mass is 273 g/mol. The number of hydrogen-bond donors (Lipinski definition) is 1. The first-order chi connectivity index (χ1) is 9.04. The van der Waals surface area contributed by atoms with Crippen LogP contribution in [0.2, 0.25) is 0 Å². The van der Waals surface area contributed by atoms with E-state index in [0.29, 0.717) is 6.04 Å². The fraction of sp³-hybridized carbons (Fsp3) is 0.412. The molecular weight excluding hydrogens is 250 g/mol. The zero-order chi connectivity index (χ0) is 14.0. The molecule has 102 valence electrons. The van der Waals surface area contributed by atoms with Gasteiger partial charge in [0, 0.05) is 9.75 Å². The summed E-state index contributed by atoms with van der Waals surface area (Å²) in [5.41, 5.74) is 5.57. The molecular formula is C17H23NS. The van der Waals surface area contributed by atoms with Crippen molar-refractivity contribution in [3.63, 3.8) is 0 Å². The molecule has 0 saturated carbocycles. The third-order valence-corrected chi connectivity index (χ3v) is 5.05.